The molecule has 21 heavy (non-hydrogen) atoms. The number of benzene rings is 1. The SMILES string of the molecule is CCN(CC1COc2ccccc2O1)C(=S)NCCOC. The number of hydrogen-bond donors (Lipinski definition) is 1. The van der Waals surface area contributed by atoms with Gasteiger partial charge in [-0.3, -0.25) is 0 Å². The number of thiocarbonyl (C=S) groups is 1. The Morgan fingerprint density at radius 2 is 2.19 bits per heavy atom. The van der Waals surface area contributed by atoms with Crippen molar-refractivity contribution in [3.63, 3.8) is 0 Å². The molecule has 0 aromatic heterocycles. The summed E-state index contributed by atoms with van der Waals surface area (Å²) in [7, 11) is 1.67. The molecule has 1 aliphatic rings. The summed E-state index contributed by atoms with van der Waals surface area (Å²) in [6.07, 6.45) is -0.0259. The molecule has 0 saturated carbocycles. The molecular weight excluding hydrogens is 288 g/mol. The highest BCUT2D eigenvalue weighted by Crippen LogP contribution is 2.30. The summed E-state index contributed by atoms with van der Waals surface area (Å²) in [5, 5.41) is 3.90. The molecule has 6 heteroatoms. The first-order chi connectivity index (χ1) is 10.2. The Morgan fingerprint density at radius 3 is 2.90 bits per heavy atom. The van der Waals surface area contributed by atoms with Gasteiger partial charge in [-0.1, -0.05) is 12.1 Å². The zero-order valence-corrected chi connectivity index (χ0v) is 13.3. The van der Waals surface area contributed by atoms with Crippen LogP contribution in [0.15, 0.2) is 24.3 Å². The lowest BCUT2D eigenvalue weighted by Gasteiger charge is -2.32. The predicted molar refractivity (Wildman–Crippen MR) is 86.1 cm³/mol. The Bertz CT molecular complexity index is 470. The minimum atomic E-state index is -0.0259. The Labute approximate surface area is 131 Å². The summed E-state index contributed by atoms with van der Waals surface area (Å²) in [4.78, 5) is 2.08. The summed E-state index contributed by atoms with van der Waals surface area (Å²) in [5.74, 6) is 1.60. The number of para-hydroxylation sites is 2. The second kappa shape index (κ2) is 8.05. The van der Waals surface area contributed by atoms with Crippen molar-refractivity contribution in [1.29, 1.82) is 0 Å². The molecule has 0 saturated heterocycles. The first-order valence-electron chi connectivity index (χ1n) is 7.14. The van der Waals surface area contributed by atoms with Gasteiger partial charge < -0.3 is 24.4 Å². The largest absolute Gasteiger partial charge is 0.486 e. The quantitative estimate of drug-likeness (QED) is 0.637. The summed E-state index contributed by atoms with van der Waals surface area (Å²) >= 11 is 5.40. The van der Waals surface area contributed by atoms with Crippen molar-refractivity contribution in [2.75, 3.05) is 40.0 Å². The van der Waals surface area contributed by atoms with Crippen LogP contribution in [0.2, 0.25) is 0 Å². The van der Waals surface area contributed by atoms with Gasteiger partial charge >= 0.3 is 0 Å². The van der Waals surface area contributed by atoms with E-state index in [4.69, 9.17) is 26.4 Å². The Hall–Kier alpha value is -1.53. The second-order valence-electron chi connectivity index (χ2n) is 4.76. The molecule has 2 rings (SSSR count). The number of fused-ring (bicyclic) bond motifs is 1. The minimum Gasteiger partial charge on any atom is -0.486 e. The van der Waals surface area contributed by atoms with Crippen LogP contribution in [0.25, 0.3) is 0 Å². The van der Waals surface area contributed by atoms with Crippen LogP contribution in [-0.4, -0.2) is 56.1 Å². The van der Waals surface area contributed by atoms with Gasteiger partial charge in [-0.25, -0.2) is 0 Å². The van der Waals surface area contributed by atoms with Crippen LogP contribution in [0.5, 0.6) is 11.5 Å². The van der Waals surface area contributed by atoms with Gasteiger partial charge in [0.15, 0.2) is 22.7 Å². The van der Waals surface area contributed by atoms with Crippen LogP contribution >= 0.6 is 12.2 Å². The van der Waals surface area contributed by atoms with E-state index in [1.165, 1.54) is 0 Å². The van der Waals surface area contributed by atoms with Crippen molar-refractivity contribution < 1.29 is 14.2 Å². The third kappa shape index (κ3) is 4.47. The van der Waals surface area contributed by atoms with E-state index in [9.17, 15) is 0 Å². The Kier molecular flexibility index (Phi) is 6.07. The van der Waals surface area contributed by atoms with Crippen molar-refractivity contribution in [3.05, 3.63) is 24.3 Å². The lowest BCUT2D eigenvalue weighted by atomic mass is 10.2. The van der Waals surface area contributed by atoms with Crippen molar-refractivity contribution in [2.24, 2.45) is 0 Å². The van der Waals surface area contributed by atoms with Gasteiger partial charge in [-0.05, 0) is 31.3 Å². The molecule has 1 N–H and O–H groups in total. The number of nitrogens with one attached hydrogen (secondary N) is 1. The number of likely N-dealkylation sites (N-methyl/N-ethyl adjacent to an activating group) is 1. The van der Waals surface area contributed by atoms with Crippen LogP contribution in [0, 0.1) is 0 Å². The number of nitrogens with zero attached hydrogens (tertiary/aromatic N) is 1. The summed E-state index contributed by atoms with van der Waals surface area (Å²) in [6, 6.07) is 7.72. The molecule has 0 aliphatic carbocycles. The zero-order valence-electron chi connectivity index (χ0n) is 12.5. The first kappa shape index (κ1) is 15.9. The smallest absolute Gasteiger partial charge is 0.169 e. The summed E-state index contributed by atoms with van der Waals surface area (Å²) < 4.78 is 16.7. The topological polar surface area (TPSA) is 43.0 Å². The standard InChI is InChI=1S/C15H22N2O3S/c1-3-17(15(21)16-8-9-18-2)10-12-11-19-13-6-4-5-7-14(13)20-12/h4-7,12H,3,8-11H2,1-2H3,(H,16,21). The summed E-state index contributed by atoms with van der Waals surface area (Å²) in [5.41, 5.74) is 0. The minimum absolute atomic E-state index is 0.0259. The van der Waals surface area contributed by atoms with E-state index >= 15 is 0 Å². The highest BCUT2D eigenvalue weighted by Gasteiger charge is 2.23. The first-order valence-corrected chi connectivity index (χ1v) is 7.55. The van der Waals surface area contributed by atoms with Crippen LogP contribution in [-0.2, 0) is 4.74 Å². The molecule has 0 fully saturated rings. The number of rotatable bonds is 6. The molecule has 0 spiro atoms. The van der Waals surface area contributed by atoms with Gasteiger partial charge in [-0.2, -0.15) is 0 Å². The second-order valence-corrected chi connectivity index (χ2v) is 5.15. The fourth-order valence-corrected chi connectivity index (χ4v) is 2.43. The fraction of sp³-hybridized carbons (Fsp3) is 0.533. The van der Waals surface area contributed by atoms with Crippen LogP contribution in [0.3, 0.4) is 0 Å². The molecule has 1 aromatic carbocycles. The van der Waals surface area contributed by atoms with Crippen LogP contribution in [0.1, 0.15) is 6.92 Å². The van der Waals surface area contributed by atoms with Crippen LogP contribution in [0.4, 0.5) is 0 Å². The van der Waals surface area contributed by atoms with E-state index in [1.54, 1.807) is 7.11 Å². The van der Waals surface area contributed by atoms with Gasteiger partial charge in [0, 0.05) is 20.2 Å². The molecule has 116 valence electrons. The van der Waals surface area contributed by atoms with Crippen molar-refractivity contribution >= 4 is 17.3 Å². The maximum Gasteiger partial charge on any atom is 0.169 e. The molecule has 1 atom stereocenters. The maximum absolute atomic E-state index is 5.96. The van der Waals surface area contributed by atoms with E-state index in [0.717, 1.165) is 23.2 Å². The molecule has 0 amide bonds. The molecule has 1 aliphatic heterocycles. The third-order valence-corrected chi connectivity index (χ3v) is 3.65. The van der Waals surface area contributed by atoms with E-state index in [1.807, 2.05) is 24.3 Å². The van der Waals surface area contributed by atoms with Gasteiger partial charge in [0.25, 0.3) is 0 Å². The lowest BCUT2D eigenvalue weighted by Crippen LogP contribution is -2.47. The van der Waals surface area contributed by atoms with Crippen molar-refractivity contribution in [3.8, 4) is 11.5 Å². The normalized spacial score (nSPS) is 16.4. The Balaban J connectivity index is 1.86. The molecule has 5 nitrogen and oxygen atoms in total. The number of methoxy groups -OCH3 is 1. The monoisotopic (exact) mass is 310 g/mol. The van der Waals surface area contributed by atoms with Gasteiger partial charge in [0.2, 0.25) is 0 Å². The molecule has 1 heterocycles. The Morgan fingerprint density at radius 1 is 1.43 bits per heavy atom. The average molecular weight is 310 g/mol. The molecule has 0 radical (unpaired) electrons. The molecule has 0 bridgehead atoms. The van der Waals surface area contributed by atoms with Crippen molar-refractivity contribution in [2.45, 2.75) is 13.0 Å². The predicted octanol–water partition coefficient (Wildman–Crippen LogP) is 1.67. The van der Waals surface area contributed by atoms with E-state index < -0.39 is 0 Å². The molecule has 1 aromatic rings. The number of hydrogen-bond acceptors (Lipinski definition) is 4. The molecular formula is C15H22N2O3S. The highest BCUT2D eigenvalue weighted by atomic mass is 32.1. The number of ether oxygens (including phenoxy) is 3. The maximum atomic E-state index is 5.96. The highest BCUT2D eigenvalue weighted by molar-refractivity contribution is 7.80. The fourth-order valence-electron chi connectivity index (χ4n) is 2.13. The molecule has 1 unspecified atom stereocenters. The average Bonchev–Trinajstić information content (AvgIpc) is 2.52. The lowest BCUT2D eigenvalue weighted by molar-refractivity contribution is 0.0747. The third-order valence-electron chi connectivity index (χ3n) is 3.24. The zero-order chi connectivity index (χ0) is 15.1. The van der Waals surface area contributed by atoms with Gasteiger partial charge in [0.05, 0.1) is 13.2 Å². The van der Waals surface area contributed by atoms with Gasteiger partial charge in [-0.15, -0.1) is 0 Å². The van der Waals surface area contributed by atoms with E-state index in [0.29, 0.717) is 26.3 Å². The van der Waals surface area contributed by atoms with Crippen molar-refractivity contribution in [1.82, 2.24) is 10.2 Å². The summed E-state index contributed by atoms with van der Waals surface area (Å²) in [6.45, 7) is 5.46. The van der Waals surface area contributed by atoms with E-state index in [-0.39, 0.29) is 6.10 Å². The van der Waals surface area contributed by atoms with E-state index in [2.05, 4.69) is 17.1 Å². The van der Waals surface area contributed by atoms with Crippen LogP contribution < -0.4 is 14.8 Å². The van der Waals surface area contributed by atoms with Gasteiger partial charge in [0.1, 0.15) is 6.61 Å².